The molecular formula is C23H36O3. The Morgan fingerprint density at radius 2 is 1.50 bits per heavy atom. The maximum Gasteiger partial charge on any atom is 0.330 e. The van der Waals surface area contributed by atoms with E-state index < -0.39 is 0 Å². The van der Waals surface area contributed by atoms with E-state index in [0.29, 0.717) is 6.61 Å². The number of hydrogen-bond acceptors (Lipinski definition) is 3. The van der Waals surface area contributed by atoms with Crippen molar-refractivity contribution >= 4 is 12.0 Å². The summed E-state index contributed by atoms with van der Waals surface area (Å²) in [4.78, 5) is 11.4. The minimum atomic E-state index is -0.322. The quantitative estimate of drug-likeness (QED) is 0.202. The van der Waals surface area contributed by atoms with E-state index in [0.717, 1.165) is 24.3 Å². The van der Waals surface area contributed by atoms with E-state index in [1.165, 1.54) is 63.9 Å². The molecule has 26 heavy (non-hydrogen) atoms. The van der Waals surface area contributed by atoms with Crippen molar-refractivity contribution in [2.75, 3.05) is 13.2 Å². The summed E-state index contributed by atoms with van der Waals surface area (Å²) in [5, 5.41) is 0. The van der Waals surface area contributed by atoms with E-state index in [1.807, 2.05) is 24.3 Å². The summed E-state index contributed by atoms with van der Waals surface area (Å²) in [6, 6.07) is 7.79. The molecule has 0 spiro atoms. The van der Waals surface area contributed by atoms with Crippen LogP contribution in [0.3, 0.4) is 0 Å². The molecule has 1 rings (SSSR count). The zero-order chi connectivity index (χ0) is 18.9. The number of carbonyl (C=O) groups is 1. The van der Waals surface area contributed by atoms with Gasteiger partial charge in [0.05, 0.1) is 13.2 Å². The third-order valence-electron chi connectivity index (χ3n) is 4.36. The first-order chi connectivity index (χ1) is 12.8. The lowest BCUT2D eigenvalue weighted by molar-refractivity contribution is -0.137. The molecule has 0 amide bonds. The first kappa shape index (κ1) is 22.3. The molecule has 0 aliphatic heterocycles. The molecule has 0 radical (unpaired) electrons. The highest BCUT2D eigenvalue weighted by atomic mass is 16.5. The fourth-order valence-electron chi connectivity index (χ4n) is 2.87. The van der Waals surface area contributed by atoms with Crippen molar-refractivity contribution in [3.63, 3.8) is 0 Å². The predicted octanol–water partition coefficient (Wildman–Crippen LogP) is 6.56. The molecule has 0 aliphatic carbocycles. The second kappa shape index (κ2) is 15.5. The smallest absolute Gasteiger partial charge is 0.330 e. The van der Waals surface area contributed by atoms with Crippen molar-refractivity contribution in [2.45, 2.75) is 78.1 Å². The number of carbonyl (C=O) groups excluding carboxylic acids is 1. The van der Waals surface area contributed by atoms with Gasteiger partial charge in [0.15, 0.2) is 0 Å². The maximum absolute atomic E-state index is 11.4. The molecule has 0 fully saturated rings. The Hall–Kier alpha value is -1.77. The summed E-state index contributed by atoms with van der Waals surface area (Å²) in [5.74, 6) is 0.501. The third-order valence-corrected chi connectivity index (χ3v) is 4.36. The standard InChI is InChI=1S/C23H36O3/c1-3-5-6-7-8-9-10-11-12-15-20-26-22-17-14-13-16-21(22)18-19-23(24)25-4-2/h13-14,16-19H,3-12,15,20H2,1-2H3. The molecule has 0 saturated heterocycles. The molecule has 0 aliphatic rings. The van der Waals surface area contributed by atoms with E-state index in [-0.39, 0.29) is 5.97 Å². The monoisotopic (exact) mass is 360 g/mol. The van der Waals surface area contributed by atoms with Crippen molar-refractivity contribution < 1.29 is 14.3 Å². The number of benzene rings is 1. The highest BCUT2D eigenvalue weighted by Gasteiger charge is 2.01. The summed E-state index contributed by atoms with van der Waals surface area (Å²) in [6.07, 6.45) is 16.4. The molecule has 1 aromatic carbocycles. The van der Waals surface area contributed by atoms with Gasteiger partial charge < -0.3 is 9.47 Å². The predicted molar refractivity (Wildman–Crippen MR) is 109 cm³/mol. The van der Waals surface area contributed by atoms with Gasteiger partial charge in [-0.3, -0.25) is 0 Å². The average Bonchev–Trinajstić information content (AvgIpc) is 2.65. The summed E-state index contributed by atoms with van der Waals surface area (Å²) in [7, 11) is 0. The topological polar surface area (TPSA) is 35.5 Å². The van der Waals surface area contributed by atoms with Gasteiger partial charge in [-0.05, 0) is 25.5 Å². The molecular weight excluding hydrogens is 324 g/mol. The van der Waals surface area contributed by atoms with E-state index >= 15 is 0 Å². The second-order valence-electron chi connectivity index (χ2n) is 6.65. The Balaban J connectivity index is 2.16. The summed E-state index contributed by atoms with van der Waals surface area (Å²) in [6.45, 7) is 5.17. The van der Waals surface area contributed by atoms with Gasteiger partial charge in [-0.1, -0.05) is 82.9 Å². The first-order valence-corrected chi connectivity index (χ1v) is 10.3. The normalized spacial score (nSPS) is 11.0. The Morgan fingerprint density at radius 3 is 2.15 bits per heavy atom. The number of esters is 1. The van der Waals surface area contributed by atoms with Gasteiger partial charge in [0.1, 0.15) is 5.75 Å². The van der Waals surface area contributed by atoms with Crippen LogP contribution in [0.2, 0.25) is 0 Å². The summed E-state index contributed by atoms with van der Waals surface area (Å²) in [5.41, 5.74) is 0.910. The van der Waals surface area contributed by atoms with Crippen LogP contribution in [-0.2, 0) is 9.53 Å². The molecule has 0 heterocycles. The van der Waals surface area contributed by atoms with Crippen LogP contribution in [0.25, 0.3) is 6.08 Å². The molecule has 0 unspecified atom stereocenters. The summed E-state index contributed by atoms with van der Waals surface area (Å²) >= 11 is 0. The van der Waals surface area contributed by atoms with Crippen molar-refractivity contribution in [1.82, 2.24) is 0 Å². The van der Waals surface area contributed by atoms with E-state index in [9.17, 15) is 4.79 Å². The number of ether oxygens (including phenoxy) is 2. The Morgan fingerprint density at radius 1 is 0.885 bits per heavy atom. The van der Waals surface area contributed by atoms with Crippen LogP contribution in [-0.4, -0.2) is 19.2 Å². The molecule has 1 aromatic rings. The zero-order valence-corrected chi connectivity index (χ0v) is 16.7. The van der Waals surface area contributed by atoms with Crippen molar-refractivity contribution in [3.05, 3.63) is 35.9 Å². The summed E-state index contributed by atoms with van der Waals surface area (Å²) < 4.78 is 10.8. The Kier molecular flexibility index (Phi) is 13.3. The zero-order valence-electron chi connectivity index (χ0n) is 16.7. The van der Waals surface area contributed by atoms with Crippen LogP contribution in [0.4, 0.5) is 0 Å². The highest BCUT2D eigenvalue weighted by molar-refractivity contribution is 5.87. The fourth-order valence-corrected chi connectivity index (χ4v) is 2.87. The van der Waals surface area contributed by atoms with Gasteiger partial charge in [0.25, 0.3) is 0 Å². The minimum absolute atomic E-state index is 0.322. The van der Waals surface area contributed by atoms with Crippen molar-refractivity contribution in [1.29, 1.82) is 0 Å². The molecule has 3 nitrogen and oxygen atoms in total. The van der Waals surface area contributed by atoms with Crippen molar-refractivity contribution in [2.24, 2.45) is 0 Å². The van der Waals surface area contributed by atoms with E-state index in [2.05, 4.69) is 6.92 Å². The van der Waals surface area contributed by atoms with Gasteiger partial charge in [-0.2, -0.15) is 0 Å². The largest absolute Gasteiger partial charge is 0.493 e. The van der Waals surface area contributed by atoms with Gasteiger partial charge in [0, 0.05) is 11.6 Å². The van der Waals surface area contributed by atoms with Crippen LogP contribution in [0.15, 0.2) is 30.3 Å². The molecule has 0 atom stereocenters. The van der Waals surface area contributed by atoms with Crippen LogP contribution in [0.1, 0.15) is 83.6 Å². The number of hydrogen-bond donors (Lipinski definition) is 0. The van der Waals surface area contributed by atoms with E-state index in [1.54, 1.807) is 13.0 Å². The second-order valence-corrected chi connectivity index (χ2v) is 6.65. The van der Waals surface area contributed by atoms with Crippen LogP contribution >= 0.6 is 0 Å². The highest BCUT2D eigenvalue weighted by Crippen LogP contribution is 2.20. The number of para-hydroxylation sites is 1. The lowest BCUT2D eigenvalue weighted by Gasteiger charge is -2.09. The van der Waals surface area contributed by atoms with Crippen LogP contribution < -0.4 is 4.74 Å². The van der Waals surface area contributed by atoms with Gasteiger partial charge in [-0.15, -0.1) is 0 Å². The van der Waals surface area contributed by atoms with Gasteiger partial charge >= 0.3 is 5.97 Å². The third kappa shape index (κ3) is 11.0. The lowest BCUT2D eigenvalue weighted by atomic mass is 10.1. The Bertz CT molecular complexity index is 508. The van der Waals surface area contributed by atoms with E-state index in [4.69, 9.17) is 9.47 Å². The molecule has 0 saturated carbocycles. The van der Waals surface area contributed by atoms with Crippen LogP contribution in [0, 0.1) is 0 Å². The maximum atomic E-state index is 11.4. The number of rotatable bonds is 15. The fraction of sp³-hybridized carbons (Fsp3) is 0.609. The molecule has 0 N–H and O–H groups in total. The molecule has 3 heteroatoms. The van der Waals surface area contributed by atoms with Gasteiger partial charge in [0.2, 0.25) is 0 Å². The Labute approximate surface area is 159 Å². The lowest BCUT2D eigenvalue weighted by Crippen LogP contribution is -2.00. The molecule has 0 aromatic heterocycles. The molecule has 146 valence electrons. The number of unbranched alkanes of at least 4 members (excludes halogenated alkanes) is 9. The van der Waals surface area contributed by atoms with Gasteiger partial charge in [-0.25, -0.2) is 4.79 Å². The molecule has 0 bridgehead atoms. The van der Waals surface area contributed by atoms with Crippen LogP contribution in [0.5, 0.6) is 5.75 Å². The van der Waals surface area contributed by atoms with Crippen molar-refractivity contribution in [3.8, 4) is 5.75 Å². The first-order valence-electron chi connectivity index (χ1n) is 10.3. The SMILES string of the molecule is CCCCCCCCCCCCOc1ccccc1C=CC(=O)OCC. The average molecular weight is 361 g/mol. The minimum Gasteiger partial charge on any atom is -0.493 e.